The number of hydrogen-bond donors (Lipinski definition) is 1. The number of hydrogen-bond acceptors (Lipinski definition) is 3. The molecule has 0 aliphatic rings. The summed E-state index contributed by atoms with van der Waals surface area (Å²) in [6, 6.07) is 0. The van der Waals surface area contributed by atoms with E-state index in [0.717, 1.165) is 5.69 Å². The lowest BCUT2D eigenvalue weighted by atomic mass is 10.4. The zero-order chi connectivity index (χ0) is 9.42. The number of imidazole rings is 1. The SMILES string of the molecule is Cc1cn2ccnc(C(N)=O)c2n1. The van der Waals surface area contributed by atoms with Gasteiger partial charge in [-0.1, -0.05) is 0 Å². The van der Waals surface area contributed by atoms with Crippen LogP contribution in [-0.4, -0.2) is 20.3 Å². The number of primary amides is 1. The van der Waals surface area contributed by atoms with Gasteiger partial charge >= 0.3 is 0 Å². The van der Waals surface area contributed by atoms with E-state index in [1.807, 2.05) is 13.1 Å². The van der Waals surface area contributed by atoms with Crippen molar-refractivity contribution in [2.24, 2.45) is 5.73 Å². The molecule has 2 N–H and O–H groups in total. The first-order chi connectivity index (χ1) is 6.18. The molecule has 13 heavy (non-hydrogen) atoms. The first kappa shape index (κ1) is 7.72. The number of rotatable bonds is 1. The van der Waals surface area contributed by atoms with Gasteiger partial charge in [0.1, 0.15) is 0 Å². The molecule has 0 radical (unpaired) electrons. The first-order valence-corrected chi connectivity index (χ1v) is 3.78. The lowest BCUT2D eigenvalue weighted by molar-refractivity contribution is 0.0997. The van der Waals surface area contributed by atoms with Crippen LogP contribution in [0.5, 0.6) is 0 Å². The third-order valence-electron chi connectivity index (χ3n) is 1.73. The van der Waals surface area contributed by atoms with Crippen LogP contribution in [0.2, 0.25) is 0 Å². The van der Waals surface area contributed by atoms with E-state index < -0.39 is 5.91 Å². The van der Waals surface area contributed by atoms with Crippen LogP contribution in [0.25, 0.3) is 5.65 Å². The Morgan fingerprint density at radius 1 is 1.62 bits per heavy atom. The van der Waals surface area contributed by atoms with Crippen molar-refractivity contribution < 1.29 is 4.79 Å². The highest BCUT2D eigenvalue weighted by Crippen LogP contribution is 2.06. The third-order valence-corrected chi connectivity index (χ3v) is 1.73. The van der Waals surface area contributed by atoms with Crippen LogP contribution in [-0.2, 0) is 0 Å². The van der Waals surface area contributed by atoms with E-state index in [-0.39, 0.29) is 5.69 Å². The summed E-state index contributed by atoms with van der Waals surface area (Å²) in [5.41, 5.74) is 6.67. The summed E-state index contributed by atoms with van der Waals surface area (Å²) >= 11 is 0. The molecule has 0 fully saturated rings. The summed E-state index contributed by atoms with van der Waals surface area (Å²) in [7, 11) is 0. The van der Waals surface area contributed by atoms with E-state index in [1.165, 1.54) is 6.20 Å². The summed E-state index contributed by atoms with van der Waals surface area (Å²) in [6.45, 7) is 1.85. The Labute approximate surface area is 74.2 Å². The molecule has 0 aromatic carbocycles. The summed E-state index contributed by atoms with van der Waals surface area (Å²) in [6.07, 6.45) is 5.06. The zero-order valence-corrected chi connectivity index (χ0v) is 7.06. The maximum Gasteiger partial charge on any atom is 0.271 e. The molecule has 5 heteroatoms. The fourth-order valence-corrected chi connectivity index (χ4v) is 1.22. The van der Waals surface area contributed by atoms with Crippen LogP contribution in [0, 0.1) is 6.92 Å². The molecule has 0 saturated carbocycles. The molecule has 66 valence electrons. The van der Waals surface area contributed by atoms with Gasteiger partial charge in [0, 0.05) is 18.6 Å². The molecule has 2 heterocycles. The van der Waals surface area contributed by atoms with Gasteiger partial charge in [-0.15, -0.1) is 0 Å². The standard InChI is InChI=1S/C8H8N4O/c1-5-4-12-3-2-10-6(7(9)13)8(12)11-5/h2-4H,1H3,(H2,9,13). The van der Waals surface area contributed by atoms with Gasteiger partial charge in [0.15, 0.2) is 11.3 Å². The number of aryl methyl sites for hydroxylation is 1. The Bertz CT molecular complexity index is 474. The van der Waals surface area contributed by atoms with E-state index in [4.69, 9.17) is 5.73 Å². The highest BCUT2D eigenvalue weighted by molar-refractivity contribution is 5.96. The molecular formula is C8H8N4O. The van der Waals surface area contributed by atoms with Crippen LogP contribution in [0.4, 0.5) is 0 Å². The fourth-order valence-electron chi connectivity index (χ4n) is 1.22. The number of aromatic nitrogens is 3. The summed E-state index contributed by atoms with van der Waals surface area (Å²) in [5, 5.41) is 0. The van der Waals surface area contributed by atoms with Crippen molar-refractivity contribution in [2.45, 2.75) is 6.92 Å². The van der Waals surface area contributed by atoms with E-state index in [1.54, 1.807) is 10.6 Å². The number of nitrogens with two attached hydrogens (primary N) is 1. The molecule has 1 amide bonds. The zero-order valence-electron chi connectivity index (χ0n) is 7.06. The van der Waals surface area contributed by atoms with E-state index in [2.05, 4.69) is 9.97 Å². The molecule has 2 aromatic rings. The van der Waals surface area contributed by atoms with Gasteiger partial charge in [-0.25, -0.2) is 9.97 Å². The average Bonchev–Trinajstić information content (AvgIpc) is 2.43. The molecule has 2 rings (SSSR count). The Morgan fingerprint density at radius 3 is 3.08 bits per heavy atom. The second-order valence-electron chi connectivity index (χ2n) is 2.75. The predicted molar refractivity (Wildman–Crippen MR) is 46.2 cm³/mol. The van der Waals surface area contributed by atoms with Gasteiger partial charge in [-0.05, 0) is 6.92 Å². The lowest BCUT2D eigenvalue weighted by Crippen LogP contribution is -2.14. The molecule has 0 bridgehead atoms. The van der Waals surface area contributed by atoms with Crippen molar-refractivity contribution in [1.82, 2.24) is 14.4 Å². The smallest absolute Gasteiger partial charge is 0.271 e. The van der Waals surface area contributed by atoms with E-state index in [9.17, 15) is 4.79 Å². The van der Waals surface area contributed by atoms with Gasteiger partial charge in [-0.2, -0.15) is 0 Å². The molecule has 0 spiro atoms. The molecule has 0 atom stereocenters. The van der Waals surface area contributed by atoms with Crippen LogP contribution < -0.4 is 5.73 Å². The summed E-state index contributed by atoms with van der Waals surface area (Å²) < 4.78 is 1.72. The van der Waals surface area contributed by atoms with Crippen molar-refractivity contribution in [3.8, 4) is 0 Å². The number of nitrogens with zero attached hydrogens (tertiary/aromatic N) is 3. The van der Waals surface area contributed by atoms with Gasteiger partial charge < -0.3 is 10.1 Å². The van der Waals surface area contributed by atoms with Gasteiger partial charge in [-0.3, -0.25) is 4.79 Å². The lowest BCUT2D eigenvalue weighted by Gasteiger charge is -1.95. The van der Waals surface area contributed by atoms with Crippen molar-refractivity contribution in [3.05, 3.63) is 30.0 Å². The number of carbonyl (C=O) groups excluding carboxylic acids is 1. The molecule has 0 aliphatic heterocycles. The van der Waals surface area contributed by atoms with Crippen molar-refractivity contribution >= 4 is 11.6 Å². The summed E-state index contributed by atoms with van der Waals surface area (Å²) in [4.78, 5) is 18.9. The highest BCUT2D eigenvalue weighted by atomic mass is 16.1. The number of amides is 1. The minimum atomic E-state index is -0.559. The van der Waals surface area contributed by atoms with Gasteiger partial charge in [0.25, 0.3) is 5.91 Å². The minimum absolute atomic E-state index is 0.204. The predicted octanol–water partition coefficient (Wildman–Crippen LogP) is 0.137. The Morgan fingerprint density at radius 2 is 2.38 bits per heavy atom. The minimum Gasteiger partial charge on any atom is -0.364 e. The van der Waals surface area contributed by atoms with Crippen LogP contribution in [0.15, 0.2) is 18.6 Å². The van der Waals surface area contributed by atoms with Gasteiger partial charge in [0.05, 0.1) is 5.69 Å². The number of carbonyl (C=O) groups is 1. The largest absolute Gasteiger partial charge is 0.364 e. The van der Waals surface area contributed by atoms with E-state index in [0.29, 0.717) is 5.65 Å². The second kappa shape index (κ2) is 2.55. The Hall–Kier alpha value is -1.91. The van der Waals surface area contributed by atoms with Crippen LogP contribution >= 0.6 is 0 Å². The maximum atomic E-state index is 10.9. The molecule has 5 nitrogen and oxygen atoms in total. The van der Waals surface area contributed by atoms with Crippen LogP contribution in [0.1, 0.15) is 16.2 Å². The fraction of sp³-hybridized carbons (Fsp3) is 0.125. The Kier molecular flexibility index (Phi) is 1.51. The maximum absolute atomic E-state index is 10.9. The number of fused-ring (bicyclic) bond motifs is 1. The monoisotopic (exact) mass is 176 g/mol. The van der Waals surface area contributed by atoms with Crippen molar-refractivity contribution in [3.63, 3.8) is 0 Å². The normalized spacial score (nSPS) is 10.5. The molecule has 0 aliphatic carbocycles. The van der Waals surface area contributed by atoms with Gasteiger partial charge in [0.2, 0.25) is 0 Å². The van der Waals surface area contributed by atoms with Crippen LogP contribution in [0.3, 0.4) is 0 Å². The first-order valence-electron chi connectivity index (χ1n) is 3.78. The molecule has 2 aromatic heterocycles. The molecule has 0 unspecified atom stereocenters. The van der Waals surface area contributed by atoms with Crippen molar-refractivity contribution in [2.75, 3.05) is 0 Å². The average molecular weight is 176 g/mol. The highest BCUT2D eigenvalue weighted by Gasteiger charge is 2.09. The van der Waals surface area contributed by atoms with E-state index >= 15 is 0 Å². The quantitative estimate of drug-likeness (QED) is 0.671. The second-order valence-corrected chi connectivity index (χ2v) is 2.75. The Balaban J connectivity index is 2.82. The topological polar surface area (TPSA) is 73.3 Å². The summed E-state index contributed by atoms with van der Waals surface area (Å²) in [5.74, 6) is -0.559. The molecular weight excluding hydrogens is 168 g/mol. The van der Waals surface area contributed by atoms with Crippen molar-refractivity contribution in [1.29, 1.82) is 0 Å². The molecule has 0 saturated heterocycles. The third kappa shape index (κ3) is 1.14.